The number of benzene rings is 2. The van der Waals surface area contributed by atoms with Crippen LogP contribution in [0.2, 0.25) is 0 Å². The smallest absolute Gasteiger partial charge is 0.254 e. The zero-order valence-corrected chi connectivity index (χ0v) is 22.0. The van der Waals surface area contributed by atoms with Crippen molar-refractivity contribution in [3.05, 3.63) is 105 Å². The lowest BCUT2D eigenvalue weighted by molar-refractivity contribution is -0.116. The Kier molecular flexibility index (Phi) is 6.86. The molecule has 1 aliphatic heterocycles. The molecule has 0 saturated carbocycles. The molecule has 2 aromatic carbocycles. The van der Waals surface area contributed by atoms with Crippen LogP contribution in [0.1, 0.15) is 47.6 Å². The van der Waals surface area contributed by atoms with Crippen molar-refractivity contribution < 1.29 is 14.0 Å². The SMILES string of the molecule is CSc1sc(C)cc1[C@H]1C(C(=O)Nc2cccc(F)c2)=C(C)NC2=C1C(=O)C[C@H](c1ccccc1)C2. The summed E-state index contributed by atoms with van der Waals surface area (Å²) in [4.78, 5) is 28.6. The molecule has 0 radical (unpaired) electrons. The molecule has 0 saturated heterocycles. The number of carbonyl (C=O) groups is 2. The summed E-state index contributed by atoms with van der Waals surface area (Å²) < 4.78 is 14.9. The zero-order valence-electron chi connectivity index (χ0n) is 20.4. The van der Waals surface area contributed by atoms with E-state index < -0.39 is 11.7 Å². The van der Waals surface area contributed by atoms with E-state index in [0.29, 0.717) is 35.4 Å². The van der Waals surface area contributed by atoms with Gasteiger partial charge in [-0.25, -0.2) is 4.39 Å². The quantitative estimate of drug-likeness (QED) is 0.360. The maximum absolute atomic E-state index is 13.8. The van der Waals surface area contributed by atoms with Gasteiger partial charge in [-0.15, -0.1) is 23.1 Å². The lowest BCUT2D eigenvalue weighted by Crippen LogP contribution is -2.37. The van der Waals surface area contributed by atoms with Crippen LogP contribution in [0, 0.1) is 12.7 Å². The average Bonchev–Trinajstić information content (AvgIpc) is 3.23. The number of carbonyl (C=O) groups excluding carboxylic acids is 2. The third-order valence-corrected chi connectivity index (χ3v) is 8.99. The Morgan fingerprint density at radius 2 is 1.86 bits per heavy atom. The van der Waals surface area contributed by atoms with E-state index in [4.69, 9.17) is 0 Å². The molecule has 0 unspecified atom stereocenters. The van der Waals surface area contributed by atoms with Gasteiger partial charge in [0, 0.05) is 45.4 Å². The minimum atomic E-state index is -0.480. The Bertz CT molecular complexity index is 1410. The lowest BCUT2D eigenvalue weighted by Gasteiger charge is -2.37. The molecular formula is C29H27FN2O2S2. The van der Waals surface area contributed by atoms with E-state index in [1.165, 1.54) is 12.1 Å². The first-order valence-electron chi connectivity index (χ1n) is 11.9. The molecule has 1 amide bonds. The fourth-order valence-corrected chi connectivity index (χ4v) is 7.16. The monoisotopic (exact) mass is 518 g/mol. The number of rotatable bonds is 5. The zero-order chi connectivity index (χ0) is 25.4. The number of ketones is 1. The van der Waals surface area contributed by atoms with E-state index in [0.717, 1.165) is 25.9 Å². The van der Waals surface area contributed by atoms with Crippen molar-refractivity contribution in [1.29, 1.82) is 0 Å². The molecule has 7 heteroatoms. The highest BCUT2D eigenvalue weighted by Crippen LogP contribution is 2.49. The summed E-state index contributed by atoms with van der Waals surface area (Å²) in [6.45, 7) is 3.92. The van der Waals surface area contributed by atoms with Gasteiger partial charge in [0.1, 0.15) is 5.82 Å². The van der Waals surface area contributed by atoms with Crippen LogP contribution < -0.4 is 10.6 Å². The van der Waals surface area contributed by atoms with Crippen LogP contribution in [-0.2, 0) is 9.59 Å². The number of hydrogen-bond donors (Lipinski definition) is 2. The number of thiophene rings is 1. The van der Waals surface area contributed by atoms with Crippen molar-refractivity contribution in [1.82, 2.24) is 5.32 Å². The summed E-state index contributed by atoms with van der Waals surface area (Å²) in [7, 11) is 0. The third kappa shape index (κ3) is 4.65. The van der Waals surface area contributed by atoms with Gasteiger partial charge in [-0.2, -0.15) is 0 Å². The second-order valence-corrected chi connectivity index (χ2v) is 11.5. The van der Waals surface area contributed by atoms with Crippen molar-refractivity contribution in [3.8, 4) is 0 Å². The number of amides is 1. The number of Topliss-reactive ketones (excluding diaryl/α,β-unsaturated/α-hetero) is 1. The van der Waals surface area contributed by atoms with Crippen molar-refractivity contribution in [2.75, 3.05) is 11.6 Å². The summed E-state index contributed by atoms with van der Waals surface area (Å²) in [6, 6.07) is 18.1. The second kappa shape index (κ2) is 10.1. The Hall–Kier alpha value is -3.16. The van der Waals surface area contributed by atoms with Gasteiger partial charge in [0.05, 0.1) is 4.21 Å². The summed E-state index contributed by atoms with van der Waals surface area (Å²) >= 11 is 3.30. The number of anilines is 1. The number of aryl methyl sites for hydroxylation is 1. The largest absolute Gasteiger partial charge is 0.362 e. The molecule has 0 spiro atoms. The Morgan fingerprint density at radius 1 is 1.08 bits per heavy atom. The molecule has 36 heavy (non-hydrogen) atoms. The number of thioether (sulfide) groups is 1. The molecule has 2 atom stereocenters. The van der Waals surface area contributed by atoms with Crippen LogP contribution in [0.25, 0.3) is 0 Å². The van der Waals surface area contributed by atoms with Gasteiger partial charge in [-0.3, -0.25) is 9.59 Å². The minimum Gasteiger partial charge on any atom is -0.362 e. The van der Waals surface area contributed by atoms with E-state index in [9.17, 15) is 14.0 Å². The van der Waals surface area contributed by atoms with Crippen molar-refractivity contribution in [3.63, 3.8) is 0 Å². The second-order valence-electron chi connectivity index (χ2n) is 9.20. The fourth-order valence-electron chi connectivity index (χ4n) is 5.25. The predicted octanol–water partition coefficient (Wildman–Crippen LogP) is 6.92. The van der Waals surface area contributed by atoms with Crippen LogP contribution in [0.4, 0.5) is 10.1 Å². The maximum Gasteiger partial charge on any atom is 0.254 e. The first-order valence-corrected chi connectivity index (χ1v) is 13.9. The van der Waals surface area contributed by atoms with Gasteiger partial charge < -0.3 is 10.6 Å². The standard InChI is InChI=1S/C29H27FN2O2S2/c1-16-12-22(29(35-3)36-16)26-25(28(34)32-21-11-7-10-20(30)15-21)17(2)31-23-13-19(14-24(33)27(23)26)18-8-5-4-6-9-18/h4-12,15,19,26,31H,13-14H2,1-3H3,(H,32,34)/t19-,26+/m1/s1. The number of hydrogen-bond acceptors (Lipinski definition) is 5. The molecule has 3 aromatic rings. The molecule has 184 valence electrons. The highest BCUT2D eigenvalue weighted by molar-refractivity contribution is 8.00. The summed E-state index contributed by atoms with van der Waals surface area (Å²) in [6.07, 6.45) is 3.12. The van der Waals surface area contributed by atoms with E-state index in [1.807, 2.05) is 38.3 Å². The molecule has 2 aliphatic rings. The van der Waals surface area contributed by atoms with Crippen molar-refractivity contribution >= 4 is 40.5 Å². The number of halogens is 1. The van der Waals surface area contributed by atoms with Gasteiger partial charge in [0.2, 0.25) is 0 Å². The molecule has 0 bridgehead atoms. The minimum absolute atomic E-state index is 0.0575. The van der Waals surface area contributed by atoms with E-state index in [1.54, 1.807) is 35.2 Å². The van der Waals surface area contributed by atoms with E-state index in [2.05, 4.69) is 28.8 Å². The summed E-state index contributed by atoms with van der Waals surface area (Å²) in [5, 5.41) is 6.28. The molecular weight excluding hydrogens is 491 g/mol. The van der Waals surface area contributed by atoms with Crippen LogP contribution in [-0.4, -0.2) is 17.9 Å². The molecule has 5 rings (SSSR count). The molecule has 1 aromatic heterocycles. The molecule has 2 heterocycles. The van der Waals surface area contributed by atoms with E-state index in [-0.39, 0.29) is 17.6 Å². The Labute approximate surface area is 218 Å². The highest BCUT2D eigenvalue weighted by Gasteiger charge is 2.42. The van der Waals surface area contributed by atoms with Crippen LogP contribution in [0.3, 0.4) is 0 Å². The predicted molar refractivity (Wildman–Crippen MR) is 145 cm³/mol. The fraction of sp³-hybridized carbons (Fsp3) is 0.241. The van der Waals surface area contributed by atoms with Gasteiger partial charge >= 0.3 is 0 Å². The van der Waals surface area contributed by atoms with Gasteiger partial charge in [-0.1, -0.05) is 36.4 Å². The molecule has 4 nitrogen and oxygen atoms in total. The number of dihydropyridines is 1. The van der Waals surface area contributed by atoms with Gasteiger partial charge in [0.25, 0.3) is 5.91 Å². The Balaban J connectivity index is 1.59. The molecule has 2 N–H and O–H groups in total. The maximum atomic E-state index is 13.8. The number of allylic oxidation sites excluding steroid dienone is 3. The molecule has 1 aliphatic carbocycles. The summed E-state index contributed by atoms with van der Waals surface area (Å²) in [5.41, 5.74) is 5.27. The van der Waals surface area contributed by atoms with Crippen molar-refractivity contribution in [2.45, 2.75) is 42.7 Å². The number of nitrogens with one attached hydrogen (secondary N) is 2. The van der Waals surface area contributed by atoms with Crippen LogP contribution >= 0.6 is 23.1 Å². The van der Waals surface area contributed by atoms with Gasteiger partial charge in [0.15, 0.2) is 5.78 Å². The summed E-state index contributed by atoms with van der Waals surface area (Å²) in [5.74, 6) is -1.09. The Morgan fingerprint density at radius 3 is 2.58 bits per heavy atom. The average molecular weight is 519 g/mol. The van der Waals surface area contributed by atoms with Crippen LogP contribution in [0.15, 0.2) is 87.4 Å². The highest BCUT2D eigenvalue weighted by atomic mass is 32.2. The first-order chi connectivity index (χ1) is 17.4. The third-order valence-electron chi connectivity index (χ3n) is 6.77. The molecule has 0 fully saturated rings. The normalized spacial score (nSPS) is 19.7. The van der Waals surface area contributed by atoms with Gasteiger partial charge in [-0.05, 0) is 67.8 Å². The van der Waals surface area contributed by atoms with Crippen molar-refractivity contribution in [2.24, 2.45) is 0 Å². The van der Waals surface area contributed by atoms with E-state index >= 15 is 0 Å². The topological polar surface area (TPSA) is 58.2 Å². The van der Waals surface area contributed by atoms with Crippen LogP contribution in [0.5, 0.6) is 0 Å². The first kappa shape index (κ1) is 24.5. The lowest BCUT2D eigenvalue weighted by atomic mass is 9.72.